The average molecular weight is 228 g/mol. The van der Waals surface area contributed by atoms with Gasteiger partial charge in [-0.1, -0.05) is 32.3 Å². The molecule has 0 aliphatic heterocycles. The van der Waals surface area contributed by atoms with Gasteiger partial charge in [0.1, 0.15) is 0 Å². The van der Waals surface area contributed by atoms with Crippen molar-refractivity contribution in [2.24, 2.45) is 0 Å². The van der Waals surface area contributed by atoms with Gasteiger partial charge >= 0.3 is 11.9 Å². The van der Waals surface area contributed by atoms with E-state index in [1.54, 1.807) is 0 Å². The summed E-state index contributed by atoms with van der Waals surface area (Å²) in [5.74, 6) is -1.65. The summed E-state index contributed by atoms with van der Waals surface area (Å²) in [5.41, 5.74) is 0.269. The Kier molecular flexibility index (Phi) is 8.21. The standard InChI is InChI=1S/C12H20O4/c1-10(12(15)16)8-6-4-2-3-5-7-9-11(13)14/h1-9H2,(H,13,14)(H,15,16). The molecule has 92 valence electrons. The Hall–Kier alpha value is -1.32. The minimum absolute atomic E-state index is 0.246. The predicted octanol–water partition coefficient (Wildman–Crippen LogP) is 2.83. The Morgan fingerprint density at radius 2 is 1.25 bits per heavy atom. The summed E-state index contributed by atoms with van der Waals surface area (Å²) in [5, 5.41) is 17.0. The number of carboxylic acids is 2. The van der Waals surface area contributed by atoms with E-state index in [9.17, 15) is 9.59 Å². The van der Waals surface area contributed by atoms with Crippen LogP contribution in [0.3, 0.4) is 0 Å². The van der Waals surface area contributed by atoms with Crippen molar-refractivity contribution in [1.29, 1.82) is 0 Å². The number of hydrogen-bond donors (Lipinski definition) is 2. The van der Waals surface area contributed by atoms with Crippen LogP contribution in [0.5, 0.6) is 0 Å². The molecular weight excluding hydrogens is 208 g/mol. The molecule has 0 rings (SSSR count). The molecule has 0 aliphatic rings. The predicted molar refractivity (Wildman–Crippen MR) is 61.3 cm³/mol. The highest BCUT2D eigenvalue weighted by Gasteiger charge is 2.02. The molecule has 4 nitrogen and oxygen atoms in total. The van der Waals surface area contributed by atoms with Gasteiger partial charge in [-0.2, -0.15) is 0 Å². The van der Waals surface area contributed by atoms with Crippen molar-refractivity contribution in [2.45, 2.75) is 51.4 Å². The highest BCUT2D eigenvalue weighted by atomic mass is 16.4. The van der Waals surface area contributed by atoms with E-state index in [4.69, 9.17) is 10.2 Å². The van der Waals surface area contributed by atoms with Gasteiger partial charge < -0.3 is 10.2 Å². The van der Waals surface area contributed by atoms with Crippen molar-refractivity contribution < 1.29 is 19.8 Å². The molecule has 0 unspecified atom stereocenters. The molecule has 0 atom stereocenters. The van der Waals surface area contributed by atoms with E-state index in [0.29, 0.717) is 6.42 Å². The highest BCUT2D eigenvalue weighted by Crippen LogP contribution is 2.11. The van der Waals surface area contributed by atoms with Crippen molar-refractivity contribution in [2.75, 3.05) is 0 Å². The van der Waals surface area contributed by atoms with Crippen LogP contribution in [0.1, 0.15) is 51.4 Å². The van der Waals surface area contributed by atoms with Gasteiger partial charge in [0.15, 0.2) is 0 Å². The van der Waals surface area contributed by atoms with E-state index in [2.05, 4.69) is 6.58 Å². The highest BCUT2D eigenvalue weighted by molar-refractivity contribution is 5.85. The molecule has 0 aliphatic carbocycles. The smallest absolute Gasteiger partial charge is 0.330 e. The zero-order valence-electron chi connectivity index (χ0n) is 9.57. The normalized spacial score (nSPS) is 10.0. The lowest BCUT2D eigenvalue weighted by molar-refractivity contribution is -0.137. The molecule has 0 fully saturated rings. The molecule has 0 heterocycles. The van der Waals surface area contributed by atoms with E-state index < -0.39 is 11.9 Å². The van der Waals surface area contributed by atoms with Crippen molar-refractivity contribution in [3.63, 3.8) is 0 Å². The lowest BCUT2D eigenvalue weighted by Gasteiger charge is -2.01. The number of rotatable bonds is 10. The number of aliphatic carboxylic acids is 2. The largest absolute Gasteiger partial charge is 0.481 e. The number of carbonyl (C=O) groups is 2. The Balaban J connectivity index is 3.19. The lowest BCUT2D eigenvalue weighted by Crippen LogP contribution is -1.98. The minimum Gasteiger partial charge on any atom is -0.481 e. The topological polar surface area (TPSA) is 74.6 Å². The van der Waals surface area contributed by atoms with Crippen LogP contribution in [0.4, 0.5) is 0 Å². The third-order valence-corrected chi connectivity index (χ3v) is 2.42. The van der Waals surface area contributed by atoms with Crippen LogP contribution >= 0.6 is 0 Å². The molecule has 2 N–H and O–H groups in total. The second kappa shape index (κ2) is 8.95. The van der Waals surface area contributed by atoms with Gasteiger partial charge in [-0.05, 0) is 19.3 Å². The van der Waals surface area contributed by atoms with Crippen LogP contribution in [-0.2, 0) is 9.59 Å². The third-order valence-electron chi connectivity index (χ3n) is 2.42. The maximum absolute atomic E-state index is 10.4. The van der Waals surface area contributed by atoms with Crippen LogP contribution in [0, 0.1) is 0 Å². The van der Waals surface area contributed by atoms with E-state index in [1.165, 1.54) is 0 Å². The first-order valence-electron chi connectivity index (χ1n) is 5.67. The van der Waals surface area contributed by atoms with Gasteiger partial charge in [0.2, 0.25) is 0 Å². The molecule has 0 aromatic rings. The van der Waals surface area contributed by atoms with Gasteiger partial charge in [0, 0.05) is 12.0 Å². The molecule has 0 bridgehead atoms. The van der Waals surface area contributed by atoms with Crippen molar-refractivity contribution in [3.8, 4) is 0 Å². The van der Waals surface area contributed by atoms with Gasteiger partial charge in [-0.3, -0.25) is 4.79 Å². The van der Waals surface area contributed by atoms with Crippen molar-refractivity contribution in [1.82, 2.24) is 0 Å². The zero-order chi connectivity index (χ0) is 12.4. The molecule has 0 spiro atoms. The SMILES string of the molecule is C=C(CCCCCCCCC(=O)O)C(=O)O. The molecule has 0 amide bonds. The first-order chi connectivity index (χ1) is 7.54. The van der Waals surface area contributed by atoms with E-state index in [1.807, 2.05) is 0 Å². The fraction of sp³-hybridized carbons (Fsp3) is 0.667. The monoisotopic (exact) mass is 228 g/mol. The quantitative estimate of drug-likeness (QED) is 0.445. The number of unbranched alkanes of at least 4 members (excludes halogenated alkanes) is 5. The number of carboxylic acid groups (broad SMARTS) is 2. The summed E-state index contributed by atoms with van der Waals surface area (Å²) < 4.78 is 0. The molecule has 0 aromatic carbocycles. The summed E-state index contributed by atoms with van der Waals surface area (Å²) in [6.45, 7) is 3.46. The summed E-state index contributed by atoms with van der Waals surface area (Å²) >= 11 is 0. The van der Waals surface area contributed by atoms with Crippen LogP contribution < -0.4 is 0 Å². The zero-order valence-corrected chi connectivity index (χ0v) is 9.57. The molecule has 0 aromatic heterocycles. The molecule has 0 saturated heterocycles. The fourth-order valence-electron chi connectivity index (χ4n) is 1.43. The molecule has 16 heavy (non-hydrogen) atoms. The first kappa shape index (κ1) is 14.7. The fourth-order valence-corrected chi connectivity index (χ4v) is 1.43. The Bertz CT molecular complexity index is 245. The summed E-state index contributed by atoms with van der Waals surface area (Å²) in [7, 11) is 0. The number of hydrogen-bond acceptors (Lipinski definition) is 2. The Morgan fingerprint density at radius 3 is 1.69 bits per heavy atom. The summed E-state index contributed by atoms with van der Waals surface area (Å²) in [6, 6.07) is 0. The van der Waals surface area contributed by atoms with E-state index >= 15 is 0 Å². The maximum atomic E-state index is 10.4. The summed E-state index contributed by atoms with van der Waals surface area (Å²) in [4.78, 5) is 20.6. The van der Waals surface area contributed by atoms with Gasteiger partial charge in [-0.15, -0.1) is 0 Å². The average Bonchev–Trinajstić information content (AvgIpc) is 2.21. The third kappa shape index (κ3) is 9.24. The second-order valence-electron chi connectivity index (χ2n) is 3.92. The maximum Gasteiger partial charge on any atom is 0.330 e. The van der Waals surface area contributed by atoms with Crippen LogP contribution in [-0.4, -0.2) is 22.2 Å². The lowest BCUT2D eigenvalue weighted by atomic mass is 10.1. The molecule has 0 radical (unpaired) electrons. The van der Waals surface area contributed by atoms with Crippen molar-refractivity contribution >= 4 is 11.9 Å². The Labute approximate surface area is 96.0 Å². The van der Waals surface area contributed by atoms with Crippen LogP contribution in [0.15, 0.2) is 12.2 Å². The second-order valence-corrected chi connectivity index (χ2v) is 3.92. The van der Waals surface area contributed by atoms with Gasteiger partial charge in [0.25, 0.3) is 0 Å². The molecular formula is C12H20O4. The van der Waals surface area contributed by atoms with Crippen LogP contribution in [0.25, 0.3) is 0 Å². The summed E-state index contributed by atoms with van der Waals surface area (Å²) in [6.07, 6.45) is 6.35. The van der Waals surface area contributed by atoms with Gasteiger partial charge in [-0.25, -0.2) is 4.79 Å². The van der Waals surface area contributed by atoms with Gasteiger partial charge in [0.05, 0.1) is 0 Å². The van der Waals surface area contributed by atoms with E-state index in [0.717, 1.165) is 38.5 Å². The minimum atomic E-state index is -0.915. The van der Waals surface area contributed by atoms with Crippen LogP contribution in [0.2, 0.25) is 0 Å². The molecule has 4 heteroatoms. The Morgan fingerprint density at radius 1 is 0.812 bits per heavy atom. The molecule has 0 saturated carbocycles. The van der Waals surface area contributed by atoms with Crippen molar-refractivity contribution in [3.05, 3.63) is 12.2 Å². The first-order valence-corrected chi connectivity index (χ1v) is 5.67. The van der Waals surface area contributed by atoms with E-state index in [-0.39, 0.29) is 12.0 Å².